The van der Waals surface area contributed by atoms with Crippen molar-refractivity contribution in [2.45, 2.75) is 19.8 Å². The average Bonchev–Trinajstić information content (AvgIpc) is 2.88. The summed E-state index contributed by atoms with van der Waals surface area (Å²) in [5.74, 6) is -0.491. The number of nitrogens with zero attached hydrogens (tertiary/aromatic N) is 1. The highest BCUT2D eigenvalue weighted by Gasteiger charge is 2.10. The molecule has 1 heterocycles. The van der Waals surface area contributed by atoms with Crippen LogP contribution >= 0.6 is 23.7 Å². The zero-order valence-electron chi connectivity index (χ0n) is 12.6. The first-order valence-electron chi connectivity index (χ1n) is 6.81. The number of nitrogen functional groups attached to an aromatic ring is 1. The van der Waals surface area contributed by atoms with Gasteiger partial charge in [0, 0.05) is 11.1 Å². The van der Waals surface area contributed by atoms with E-state index in [1.807, 2.05) is 12.1 Å². The second kappa shape index (κ2) is 9.12. The van der Waals surface area contributed by atoms with E-state index >= 15 is 0 Å². The second-order valence-corrected chi connectivity index (χ2v) is 5.45. The van der Waals surface area contributed by atoms with Gasteiger partial charge in [-0.3, -0.25) is 9.59 Å². The van der Waals surface area contributed by atoms with Gasteiger partial charge < -0.3 is 15.8 Å². The number of rotatable bonds is 6. The Morgan fingerprint density at radius 3 is 2.61 bits per heavy atom. The van der Waals surface area contributed by atoms with Crippen molar-refractivity contribution in [3.63, 3.8) is 0 Å². The lowest BCUT2D eigenvalue weighted by Gasteiger charge is -2.02. The number of carbonyl (C=O) groups is 2. The molecule has 124 valence electrons. The van der Waals surface area contributed by atoms with E-state index in [1.54, 1.807) is 24.4 Å². The molecule has 0 atom stereocenters. The predicted octanol–water partition coefficient (Wildman–Crippen LogP) is 2.43. The van der Waals surface area contributed by atoms with Crippen molar-refractivity contribution in [3.8, 4) is 0 Å². The molecule has 1 amide bonds. The molecule has 0 radical (unpaired) electrons. The summed E-state index contributed by atoms with van der Waals surface area (Å²) in [7, 11) is 0. The van der Waals surface area contributed by atoms with Gasteiger partial charge >= 0.3 is 5.97 Å². The Kier molecular flexibility index (Phi) is 7.50. The summed E-state index contributed by atoms with van der Waals surface area (Å²) in [6.07, 6.45) is 0.352. The summed E-state index contributed by atoms with van der Waals surface area (Å²) in [6, 6.07) is 7.12. The molecule has 23 heavy (non-hydrogen) atoms. The number of nitrogens with two attached hydrogens (primary N) is 1. The molecular weight excluding hydrogens is 338 g/mol. The lowest BCUT2D eigenvalue weighted by molar-refractivity contribution is -0.142. The van der Waals surface area contributed by atoms with E-state index in [9.17, 15) is 9.59 Å². The standard InChI is InChI=1S/C15H17N3O3S.ClH/c1-2-21-14(20)8-12-9-22-15(17-12)18-13(19)7-10-3-5-11(16)6-4-10;/h3-6,9H,2,7-8,16H2,1H3,(H,17,18,19);1H. The maximum absolute atomic E-state index is 11.9. The van der Waals surface area contributed by atoms with Gasteiger partial charge in [0.15, 0.2) is 5.13 Å². The molecule has 0 aliphatic heterocycles. The predicted molar refractivity (Wildman–Crippen MR) is 92.9 cm³/mol. The minimum absolute atomic E-state index is 0. The van der Waals surface area contributed by atoms with Gasteiger partial charge in [0.05, 0.1) is 25.1 Å². The molecule has 0 bridgehead atoms. The number of amides is 1. The first-order valence-corrected chi connectivity index (χ1v) is 7.69. The van der Waals surface area contributed by atoms with E-state index in [0.29, 0.717) is 23.1 Å². The minimum atomic E-state index is -0.326. The van der Waals surface area contributed by atoms with Gasteiger partial charge in [0.25, 0.3) is 0 Å². The highest BCUT2D eigenvalue weighted by atomic mass is 35.5. The van der Waals surface area contributed by atoms with Crippen LogP contribution in [0.3, 0.4) is 0 Å². The highest BCUT2D eigenvalue weighted by molar-refractivity contribution is 7.13. The zero-order chi connectivity index (χ0) is 15.9. The van der Waals surface area contributed by atoms with Crippen LogP contribution in [0.4, 0.5) is 10.8 Å². The van der Waals surface area contributed by atoms with Crippen LogP contribution in [0.1, 0.15) is 18.2 Å². The van der Waals surface area contributed by atoms with Crippen LogP contribution in [0.25, 0.3) is 0 Å². The minimum Gasteiger partial charge on any atom is -0.466 e. The molecule has 0 saturated carbocycles. The molecule has 0 aliphatic carbocycles. The van der Waals surface area contributed by atoms with Crippen LogP contribution in [0.5, 0.6) is 0 Å². The molecule has 1 aromatic heterocycles. The number of carbonyl (C=O) groups excluding carboxylic acids is 2. The van der Waals surface area contributed by atoms with Crippen LogP contribution < -0.4 is 11.1 Å². The summed E-state index contributed by atoms with van der Waals surface area (Å²) >= 11 is 1.28. The summed E-state index contributed by atoms with van der Waals surface area (Å²) in [5.41, 5.74) is 7.72. The fourth-order valence-electron chi connectivity index (χ4n) is 1.79. The van der Waals surface area contributed by atoms with Crippen molar-refractivity contribution in [1.29, 1.82) is 0 Å². The number of thiazole rings is 1. The zero-order valence-corrected chi connectivity index (χ0v) is 14.2. The third kappa shape index (κ3) is 6.25. The molecule has 0 spiro atoms. The fraction of sp³-hybridized carbons (Fsp3) is 0.267. The van der Waals surface area contributed by atoms with Gasteiger partial charge in [-0.25, -0.2) is 4.98 Å². The van der Waals surface area contributed by atoms with E-state index in [2.05, 4.69) is 10.3 Å². The maximum Gasteiger partial charge on any atom is 0.311 e. The molecule has 0 unspecified atom stereocenters. The SMILES string of the molecule is CCOC(=O)Cc1csc(NC(=O)Cc2ccc(N)cc2)n1.Cl. The Balaban J connectivity index is 0.00000264. The van der Waals surface area contributed by atoms with Crippen LogP contribution in [-0.2, 0) is 27.2 Å². The Labute approximate surface area is 144 Å². The first-order chi connectivity index (χ1) is 10.6. The van der Waals surface area contributed by atoms with Gasteiger partial charge in [-0.2, -0.15) is 0 Å². The molecule has 2 aromatic rings. The molecule has 8 heteroatoms. The maximum atomic E-state index is 11.9. The summed E-state index contributed by atoms with van der Waals surface area (Å²) in [5, 5.41) is 4.92. The summed E-state index contributed by atoms with van der Waals surface area (Å²) in [4.78, 5) is 27.5. The molecule has 0 fully saturated rings. The number of ether oxygens (including phenoxy) is 1. The van der Waals surface area contributed by atoms with Gasteiger partial charge in [0.1, 0.15) is 0 Å². The molecule has 6 nitrogen and oxygen atoms in total. The Bertz CT molecular complexity index is 658. The quantitative estimate of drug-likeness (QED) is 0.613. The lowest BCUT2D eigenvalue weighted by Crippen LogP contribution is -2.14. The number of benzene rings is 1. The van der Waals surface area contributed by atoms with E-state index in [1.165, 1.54) is 11.3 Å². The molecule has 1 aromatic carbocycles. The van der Waals surface area contributed by atoms with Gasteiger partial charge in [-0.15, -0.1) is 23.7 Å². The molecule has 0 aliphatic rings. The van der Waals surface area contributed by atoms with Gasteiger partial charge in [-0.05, 0) is 24.6 Å². The Hall–Kier alpha value is -2.12. The average molecular weight is 356 g/mol. The smallest absolute Gasteiger partial charge is 0.311 e. The Morgan fingerprint density at radius 2 is 1.96 bits per heavy atom. The third-order valence-electron chi connectivity index (χ3n) is 2.77. The van der Waals surface area contributed by atoms with Crippen LogP contribution in [0, 0.1) is 0 Å². The largest absolute Gasteiger partial charge is 0.466 e. The second-order valence-electron chi connectivity index (χ2n) is 4.59. The van der Waals surface area contributed by atoms with Crippen molar-refractivity contribution in [3.05, 3.63) is 40.9 Å². The van der Waals surface area contributed by atoms with Gasteiger partial charge in [-0.1, -0.05) is 12.1 Å². The first kappa shape index (κ1) is 18.9. The number of hydrogen-bond acceptors (Lipinski definition) is 6. The number of aromatic nitrogens is 1. The van der Waals surface area contributed by atoms with Crippen molar-refractivity contribution in [2.24, 2.45) is 0 Å². The van der Waals surface area contributed by atoms with E-state index in [0.717, 1.165) is 5.56 Å². The van der Waals surface area contributed by atoms with Crippen molar-refractivity contribution in [1.82, 2.24) is 4.98 Å². The summed E-state index contributed by atoms with van der Waals surface area (Å²) in [6.45, 7) is 2.09. The number of halogens is 1. The van der Waals surface area contributed by atoms with Crippen molar-refractivity contribution >= 4 is 46.4 Å². The number of hydrogen-bond donors (Lipinski definition) is 2. The Morgan fingerprint density at radius 1 is 1.26 bits per heavy atom. The van der Waals surface area contributed by atoms with Crippen LogP contribution in [0.15, 0.2) is 29.6 Å². The van der Waals surface area contributed by atoms with E-state index in [-0.39, 0.29) is 37.1 Å². The van der Waals surface area contributed by atoms with E-state index in [4.69, 9.17) is 10.5 Å². The number of nitrogens with one attached hydrogen (secondary N) is 1. The van der Waals surface area contributed by atoms with Crippen LogP contribution in [0.2, 0.25) is 0 Å². The van der Waals surface area contributed by atoms with Crippen molar-refractivity contribution in [2.75, 3.05) is 17.7 Å². The molecular formula is C15H18ClN3O3S. The van der Waals surface area contributed by atoms with Crippen LogP contribution in [-0.4, -0.2) is 23.5 Å². The van der Waals surface area contributed by atoms with Crippen molar-refractivity contribution < 1.29 is 14.3 Å². The third-order valence-corrected chi connectivity index (χ3v) is 3.58. The topological polar surface area (TPSA) is 94.3 Å². The normalized spacial score (nSPS) is 9.78. The molecule has 2 rings (SSSR count). The highest BCUT2D eigenvalue weighted by Crippen LogP contribution is 2.16. The van der Waals surface area contributed by atoms with Gasteiger partial charge in [0.2, 0.25) is 5.91 Å². The lowest BCUT2D eigenvalue weighted by atomic mass is 10.1. The molecule has 0 saturated heterocycles. The molecule has 3 N–H and O–H groups in total. The number of esters is 1. The number of anilines is 2. The monoisotopic (exact) mass is 355 g/mol. The van der Waals surface area contributed by atoms with E-state index < -0.39 is 0 Å². The fourth-order valence-corrected chi connectivity index (χ4v) is 2.52. The summed E-state index contributed by atoms with van der Waals surface area (Å²) < 4.78 is 4.85.